The number of fused-ring (bicyclic) bond motifs is 4. The normalized spacial score (nSPS) is 12.6. The Hall–Kier alpha value is -2.31. The van der Waals surface area contributed by atoms with Crippen molar-refractivity contribution in [3.8, 4) is 22.3 Å². The van der Waals surface area contributed by atoms with E-state index < -0.39 is 0 Å². The van der Waals surface area contributed by atoms with Gasteiger partial charge in [0, 0.05) is 5.02 Å². The molecule has 0 radical (unpaired) electrons. The molecule has 0 spiro atoms. The number of benzene rings is 4. The van der Waals surface area contributed by atoms with Crippen LogP contribution in [0.2, 0.25) is 5.02 Å². The fourth-order valence-corrected chi connectivity index (χ4v) is 5.20. The molecular weight excluding hydrogens is 348 g/mol. The van der Waals surface area contributed by atoms with Gasteiger partial charge < -0.3 is 0 Å². The molecule has 1 heteroatoms. The second-order valence-electron chi connectivity index (χ2n) is 8.29. The SMILES string of the molecule is CC(C)c1c2c(c(C(C)C)c3cc(Cl)ccc13)-c1cccc3cccc-2c13. The molecule has 0 fully saturated rings. The van der Waals surface area contributed by atoms with E-state index in [0.717, 1.165) is 5.02 Å². The topological polar surface area (TPSA) is 0 Å². The number of hydrogen-bond acceptors (Lipinski definition) is 0. The average molecular weight is 371 g/mol. The minimum Gasteiger partial charge on any atom is -0.0843 e. The molecule has 4 aromatic rings. The van der Waals surface area contributed by atoms with Gasteiger partial charge in [0.05, 0.1) is 0 Å². The molecule has 134 valence electrons. The third-order valence-corrected chi connectivity index (χ3v) is 6.18. The van der Waals surface area contributed by atoms with Crippen LogP contribution in [0.15, 0.2) is 54.6 Å². The Bertz CT molecular complexity index is 1220. The zero-order chi connectivity index (χ0) is 18.9. The summed E-state index contributed by atoms with van der Waals surface area (Å²) in [5, 5.41) is 6.20. The van der Waals surface area contributed by atoms with Crippen LogP contribution >= 0.6 is 11.6 Å². The molecule has 0 atom stereocenters. The van der Waals surface area contributed by atoms with Crippen LogP contribution < -0.4 is 0 Å². The molecule has 0 nitrogen and oxygen atoms in total. The molecule has 1 aliphatic rings. The highest BCUT2D eigenvalue weighted by Gasteiger charge is 2.30. The Morgan fingerprint density at radius 1 is 0.667 bits per heavy atom. The van der Waals surface area contributed by atoms with E-state index >= 15 is 0 Å². The summed E-state index contributed by atoms with van der Waals surface area (Å²) >= 11 is 6.45. The molecule has 0 N–H and O–H groups in total. The van der Waals surface area contributed by atoms with Crippen LogP contribution in [0.4, 0.5) is 0 Å². The predicted octanol–water partition coefficient (Wildman–Crippen LogP) is 8.54. The second kappa shape index (κ2) is 5.84. The minimum atomic E-state index is 0.422. The molecule has 0 aromatic heterocycles. The van der Waals surface area contributed by atoms with Gasteiger partial charge in [0.1, 0.15) is 0 Å². The molecule has 1 aliphatic carbocycles. The van der Waals surface area contributed by atoms with Gasteiger partial charge in [-0.25, -0.2) is 0 Å². The van der Waals surface area contributed by atoms with Crippen molar-refractivity contribution in [2.24, 2.45) is 0 Å². The first-order valence-corrected chi connectivity index (χ1v) is 10.2. The zero-order valence-electron chi connectivity index (χ0n) is 16.2. The first-order chi connectivity index (χ1) is 13.0. The lowest BCUT2D eigenvalue weighted by molar-refractivity contribution is 0.864. The van der Waals surface area contributed by atoms with Gasteiger partial charge in [0.15, 0.2) is 0 Å². The van der Waals surface area contributed by atoms with Crippen molar-refractivity contribution in [1.29, 1.82) is 0 Å². The number of halogens is 1. The summed E-state index contributed by atoms with van der Waals surface area (Å²) in [6, 6.07) is 19.9. The summed E-state index contributed by atoms with van der Waals surface area (Å²) in [6.45, 7) is 9.21. The average Bonchev–Trinajstić information content (AvgIpc) is 2.95. The first kappa shape index (κ1) is 16.8. The summed E-state index contributed by atoms with van der Waals surface area (Å²) in [5.41, 5.74) is 8.51. The smallest absolute Gasteiger partial charge is 0.0412 e. The van der Waals surface area contributed by atoms with Gasteiger partial charge in [-0.1, -0.05) is 81.8 Å². The Balaban J connectivity index is 2.10. The second-order valence-corrected chi connectivity index (χ2v) is 8.72. The maximum absolute atomic E-state index is 6.45. The minimum absolute atomic E-state index is 0.422. The maximum atomic E-state index is 6.45. The zero-order valence-corrected chi connectivity index (χ0v) is 17.0. The molecule has 0 heterocycles. The largest absolute Gasteiger partial charge is 0.0843 e. The highest BCUT2D eigenvalue weighted by atomic mass is 35.5. The van der Waals surface area contributed by atoms with Gasteiger partial charge >= 0.3 is 0 Å². The molecule has 4 aromatic carbocycles. The van der Waals surface area contributed by atoms with E-state index in [-0.39, 0.29) is 0 Å². The molecule has 5 rings (SSSR count). The van der Waals surface area contributed by atoms with Crippen molar-refractivity contribution in [3.05, 3.63) is 70.7 Å². The van der Waals surface area contributed by atoms with Crippen molar-refractivity contribution < 1.29 is 0 Å². The quantitative estimate of drug-likeness (QED) is 0.292. The fourth-order valence-electron chi connectivity index (χ4n) is 5.03. The van der Waals surface area contributed by atoms with Gasteiger partial charge in [-0.2, -0.15) is 0 Å². The van der Waals surface area contributed by atoms with E-state index in [1.807, 2.05) is 6.07 Å². The fraction of sp³-hybridized carbons (Fsp3) is 0.231. The van der Waals surface area contributed by atoms with E-state index in [0.29, 0.717) is 11.8 Å². The van der Waals surface area contributed by atoms with E-state index in [1.165, 1.54) is 54.9 Å². The van der Waals surface area contributed by atoms with Crippen molar-refractivity contribution in [2.75, 3.05) is 0 Å². The Morgan fingerprint density at radius 2 is 1.22 bits per heavy atom. The third kappa shape index (κ3) is 2.23. The molecule has 0 unspecified atom stereocenters. The lowest BCUT2D eigenvalue weighted by atomic mass is 9.80. The number of rotatable bonds is 2. The molecule has 0 saturated heterocycles. The van der Waals surface area contributed by atoms with E-state index in [1.54, 1.807) is 0 Å². The van der Waals surface area contributed by atoms with Gasteiger partial charge in [0.25, 0.3) is 0 Å². The molecule has 0 saturated carbocycles. The Labute approximate surface area is 165 Å². The summed E-state index contributed by atoms with van der Waals surface area (Å²) in [7, 11) is 0. The van der Waals surface area contributed by atoms with E-state index in [4.69, 9.17) is 11.6 Å². The Morgan fingerprint density at radius 3 is 1.78 bits per heavy atom. The van der Waals surface area contributed by atoms with E-state index in [2.05, 4.69) is 76.2 Å². The highest BCUT2D eigenvalue weighted by molar-refractivity contribution is 6.31. The number of hydrogen-bond donors (Lipinski definition) is 0. The summed E-state index contributed by atoms with van der Waals surface area (Å²) < 4.78 is 0. The van der Waals surface area contributed by atoms with Crippen LogP contribution in [0.5, 0.6) is 0 Å². The lowest BCUT2D eigenvalue weighted by Gasteiger charge is -2.23. The van der Waals surface area contributed by atoms with Gasteiger partial charge in [-0.3, -0.25) is 0 Å². The third-order valence-electron chi connectivity index (χ3n) is 5.95. The molecule has 0 aliphatic heterocycles. The monoisotopic (exact) mass is 370 g/mol. The molecular formula is C26H23Cl. The van der Waals surface area contributed by atoms with Crippen LogP contribution in [0.3, 0.4) is 0 Å². The van der Waals surface area contributed by atoms with Crippen molar-refractivity contribution in [1.82, 2.24) is 0 Å². The summed E-state index contributed by atoms with van der Waals surface area (Å²) in [4.78, 5) is 0. The van der Waals surface area contributed by atoms with Gasteiger partial charge in [-0.15, -0.1) is 0 Å². The van der Waals surface area contributed by atoms with Crippen LogP contribution in [-0.2, 0) is 0 Å². The van der Waals surface area contributed by atoms with Crippen molar-refractivity contribution >= 4 is 33.1 Å². The van der Waals surface area contributed by atoms with Crippen LogP contribution in [-0.4, -0.2) is 0 Å². The predicted molar refractivity (Wildman–Crippen MR) is 119 cm³/mol. The van der Waals surface area contributed by atoms with E-state index in [9.17, 15) is 0 Å². The summed E-state index contributed by atoms with van der Waals surface area (Å²) in [6.07, 6.45) is 0. The van der Waals surface area contributed by atoms with Crippen molar-refractivity contribution in [2.45, 2.75) is 39.5 Å². The highest BCUT2D eigenvalue weighted by Crippen LogP contribution is 2.55. The van der Waals surface area contributed by atoms with Gasteiger partial charge in [-0.05, 0) is 78.9 Å². The van der Waals surface area contributed by atoms with Crippen LogP contribution in [0.1, 0.15) is 50.7 Å². The molecule has 0 amide bonds. The standard InChI is InChI=1S/C26H23Cl/c1-14(2)22-18-12-11-17(27)13-21(18)23(15(3)4)26-20-10-6-8-16-7-5-9-19(24(16)20)25(22)26/h5-15H,1-4H3. The van der Waals surface area contributed by atoms with Crippen molar-refractivity contribution in [3.63, 3.8) is 0 Å². The summed E-state index contributed by atoms with van der Waals surface area (Å²) in [5.74, 6) is 0.860. The first-order valence-electron chi connectivity index (χ1n) is 9.80. The van der Waals surface area contributed by atoms with Gasteiger partial charge in [0.2, 0.25) is 0 Å². The lowest BCUT2D eigenvalue weighted by Crippen LogP contribution is -2.01. The Kier molecular flexibility index (Phi) is 3.64. The van der Waals surface area contributed by atoms with Crippen LogP contribution in [0.25, 0.3) is 43.8 Å². The van der Waals surface area contributed by atoms with Crippen LogP contribution in [0, 0.1) is 0 Å². The molecule has 0 bridgehead atoms. The maximum Gasteiger partial charge on any atom is 0.0412 e. The molecule has 27 heavy (non-hydrogen) atoms.